The molecule has 13 heavy (non-hydrogen) atoms. The quantitative estimate of drug-likeness (QED) is 0.597. The summed E-state index contributed by atoms with van der Waals surface area (Å²) >= 11 is 0. The molecule has 0 aliphatic heterocycles. The molecule has 2 heteroatoms. The fourth-order valence-corrected chi connectivity index (χ4v) is 1.65. The summed E-state index contributed by atoms with van der Waals surface area (Å²) in [6, 6.07) is 0. The van der Waals surface area contributed by atoms with Crippen LogP contribution in [0.5, 0.6) is 0 Å². The number of hydrogen-bond acceptors (Lipinski definition) is 2. The second-order valence-corrected chi connectivity index (χ2v) is 3.76. The Morgan fingerprint density at radius 1 is 1.15 bits per heavy atom. The maximum atomic E-state index is 4.22. The summed E-state index contributed by atoms with van der Waals surface area (Å²) in [5.74, 6) is 0. The number of rotatable bonds is 0. The van der Waals surface area contributed by atoms with Gasteiger partial charge in [0.25, 0.3) is 0 Å². The molecule has 0 unspecified atom stereocenters. The van der Waals surface area contributed by atoms with E-state index in [1.165, 1.54) is 12.8 Å². The molecule has 1 aromatic heterocycles. The molecule has 1 aromatic rings. The van der Waals surface area contributed by atoms with Gasteiger partial charge >= 0.3 is 0 Å². The summed E-state index contributed by atoms with van der Waals surface area (Å²) in [5.41, 5.74) is 2.53. The van der Waals surface area contributed by atoms with E-state index >= 15 is 0 Å². The van der Waals surface area contributed by atoms with Crippen molar-refractivity contribution in [2.45, 2.75) is 12.8 Å². The molecule has 0 aromatic carbocycles. The van der Waals surface area contributed by atoms with E-state index in [2.05, 4.69) is 34.3 Å². The van der Waals surface area contributed by atoms with Crippen LogP contribution in [-0.4, -0.2) is 9.97 Å². The molecular formula is C11H10N2. The van der Waals surface area contributed by atoms with Crippen LogP contribution >= 0.6 is 0 Å². The Kier molecular flexibility index (Phi) is 1.23. The minimum absolute atomic E-state index is 0.362. The molecule has 2 aliphatic rings. The highest BCUT2D eigenvalue weighted by Gasteiger charge is 2.37. The molecule has 1 heterocycles. The molecule has 0 saturated heterocycles. The zero-order valence-corrected chi connectivity index (χ0v) is 7.27. The lowest BCUT2D eigenvalue weighted by Crippen LogP contribution is -1.86. The van der Waals surface area contributed by atoms with Crippen molar-refractivity contribution in [2.75, 3.05) is 0 Å². The fourth-order valence-electron chi connectivity index (χ4n) is 1.65. The number of hydrogen-bond donors (Lipinski definition) is 0. The van der Waals surface area contributed by atoms with Gasteiger partial charge in [0.15, 0.2) is 0 Å². The Labute approximate surface area is 77.0 Å². The van der Waals surface area contributed by atoms with Crippen LogP contribution in [-0.2, 0) is 0 Å². The summed E-state index contributed by atoms with van der Waals surface area (Å²) in [4.78, 5) is 8.24. The van der Waals surface area contributed by atoms with Crippen LogP contribution in [0.2, 0.25) is 0 Å². The first kappa shape index (κ1) is 7.01. The van der Waals surface area contributed by atoms with Crippen molar-refractivity contribution in [1.29, 1.82) is 0 Å². The van der Waals surface area contributed by atoms with Gasteiger partial charge in [-0.2, -0.15) is 0 Å². The molecule has 1 saturated carbocycles. The van der Waals surface area contributed by atoms with Crippen LogP contribution in [0.15, 0.2) is 24.7 Å². The van der Waals surface area contributed by atoms with E-state index in [0.717, 1.165) is 11.3 Å². The van der Waals surface area contributed by atoms with Crippen LogP contribution in [0, 0.1) is 5.41 Å². The van der Waals surface area contributed by atoms with Gasteiger partial charge < -0.3 is 0 Å². The highest BCUT2D eigenvalue weighted by molar-refractivity contribution is 5.66. The predicted molar refractivity (Wildman–Crippen MR) is 51.8 cm³/mol. The van der Waals surface area contributed by atoms with Gasteiger partial charge in [0.05, 0.1) is 5.69 Å². The third-order valence-corrected chi connectivity index (χ3v) is 2.77. The molecule has 1 fully saturated rings. The highest BCUT2D eigenvalue weighted by Crippen LogP contribution is 2.50. The third-order valence-electron chi connectivity index (χ3n) is 2.77. The van der Waals surface area contributed by atoms with Gasteiger partial charge in [-0.15, -0.1) is 0 Å². The molecule has 0 atom stereocenters. The zero-order chi connectivity index (χ0) is 8.73. The molecule has 2 nitrogen and oxygen atoms in total. The van der Waals surface area contributed by atoms with Crippen molar-refractivity contribution in [3.8, 4) is 0 Å². The van der Waals surface area contributed by atoms with Crippen molar-refractivity contribution >= 4 is 12.2 Å². The zero-order valence-electron chi connectivity index (χ0n) is 7.27. The molecule has 2 aliphatic carbocycles. The Morgan fingerprint density at radius 3 is 2.85 bits per heavy atom. The third kappa shape index (κ3) is 1.10. The summed E-state index contributed by atoms with van der Waals surface area (Å²) in [6.45, 7) is 0. The van der Waals surface area contributed by atoms with E-state index in [-0.39, 0.29) is 0 Å². The van der Waals surface area contributed by atoms with Crippen molar-refractivity contribution < 1.29 is 0 Å². The lowest BCUT2D eigenvalue weighted by Gasteiger charge is -1.96. The van der Waals surface area contributed by atoms with Crippen molar-refractivity contribution in [1.82, 2.24) is 9.97 Å². The largest absolute Gasteiger partial charge is 0.244 e. The first-order valence-corrected chi connectivity index (χ1v) is 4.57. The molecular weight excluding hydrogens is 160 g/mol. The first-order chi connectivity index (χ1) is 6.38. The molecule has 0 amide bonds. The minimum Gasteiger partial charge on any atom is -0.244 e. The number of fused-ring (bicyclic) bond motifs is 1. The normalized spacial score (nSPS) is 21.2. The second kappa shape index (κ2) is 2.28. The lowest BCUT2D eigenvalue weighted by molar-refractivity contribution is 0.869. The van der Waals surface area contributed by atoms with Gasteiger partial charge in [0.2, 0.25) is 0 Å². The van der Waals surface area contributed by atoms with Gasteiger partial charge in [-0.25, -0.2) is 9.97 Å². The SMILES string of the molecule is C1=CC2(C=Cc3ncncc31)CC2. The highest BCUT2D eigenvalue weighted by atomic mass is 14.8. The van der Waals surface area contributed by atoms with Crippen LogP contribution in [0.3, 0.4) is 0 Å². The summed E-state index contributed by atoms with van der Waals surface area (Å²) in [5, 5.41) is 0. The molecule has 0 N–H and O–H groups in total. The maximum Gasteiger partial charge on any atom is 0.116 e. The number of allylic oxidation sites excluding steroid dienone is 2. The van der Waals surface area contributed by atoms with Gasteiger partial charge in [-0.05, 0) is 18.9 Å². The van der Waals surface area contributed by atoms with Gasteiger partial charge in [-0.3, -0.25) is 0 Å². The van der Waals surface area contributed by atoms with Crippen molar-refractivity contribution in [3.63, 3.8) is 0 Å². The van der Waals surface area contributed by atoms with E-state index in [9.17, 15) is 0 Å². The Balaban J connectivity index is 2.14. The van der Waals surface area contributed by atoms with E-state index in [1.54, 1.807) is 6.33 Å². The van der Waals surface area contributed by atoms with Gasteiger partial charge in [-0.1, -0.05) is 18.2 Å². The van der Waals surface area contributed by atoms with Crippen molar-refractivity contribution in [3.05, 3.63) is 35.9 Å². The van der Waals surface area contributed by atoms with E-state index in [1.807, 2.05) is 6.20 Å². The Bertz CT molecular complexity index is 365. The lowest BCUT2D eigenvalue weighted by atomic mass is 10.1. The smallest absolute Gasteiger partial charge is 0.116 e. The standard InChI is InChI=1S/C11H10N2/c1-3-11(5-6-11)4-2-10-9(1)7-12-8-13-10/h1-4,7-8H,5-6H2. The van der Waals surface area contributed by atoms with E-state index in [4.69, 9.17) is 0 Å². The average molecular weight is 170 g/mol. The van der Waals surface area contributed by atoms with Crippen LogP contribution < -0.4 is 0 Å². The minimum atomic E-state index is 0.362. The van der Waals surface area contributed by atoms with E-state index in [0.29, 0.717) is 5.41 Å². The molecule has 1 spiro atoms. The van der Waals surface area contributed by atoms with Crippen LogP contribution in [0.25, 0.3) is 12.2 Å². The van der Waals surface area contributed by atoms with Crippen LogP contribution in [0.1, 0.15) is 24.1 Å². The predicted octanol–water partition coefficient (Wildman–Crippen LogP) is 2.30. The van der Waals surface area contributed by atoms with E-state index < -0.39 is 0 Å². The fraction of sp³-hybridized carbons (Fsp3) is 0.273. The molecule has 0 bridgehead atoms. The summed E-state index contributed by atoms with van der Waals surface area (Å²) in [6.07, 6.45) is 14.8. The topological polar surface area (TPSA) is 25.8 Å². The molecule has 64 valence electrons. The molecule has 3 rings (SSSR count). The monoisotopic (exact) mass is 170 g/mol. The summed E-state index contributed by atoms with van der Waals surface area (Å²) < 4.78 is 0. The maximum absolute atomic E-state index is 4.22. The van der Waals surface area contributed by atoms with Crippen molar-refractivity contribution in [2.24, 2.45) is 5.41 Å². The average Bonchev–Trinajstić information content (AvgIpc) is 2.96. The Morgan fingerprint density at radius 2 is 2.00 bits per heavy atom. The van der Waals surface area contributed by atoms with Crippen LogP contribution in [0.4, 0.5) is 0 Å². The number of aromatic nitrogens is 2. The van der Waals surface area contributed by atoms with Gasteiger partial charge in [0.1, 0.15) is 6.33 Å². The first-order valence-electron chi connectivity index (χ1n) is 4.57. The number of nitrogens with zero attached hydrogens (tertiary/aromatic N) is 2. The van der Waals surface area contributed by atoms with Gasteiger partial charge in [0, 0.05) is 17.2 Å². The summed E-state index contributed by atoms with van der Waals surface area (Å²) in [7, 11) is 0. The molecule has 0 radical (unpaired) electrons. The Hall–Kier alpha value is -1.44. The second-order valence-electron chi connectivity index (χ2n) is 3.76.